The summed E-state index contributed by atoms with van der Waals surface area (Å²) in [5.41, 5.74) is 4.85. The Morgan fingerprint density at radius 3 is 2.55 bits per heavy atom. The topological polar surface area (TPSA) is 64.1 Å². The number of hydrogen-bond donors (Lipinski definition) is 2. The zero-order valence-corrected chi connectivity index (χ0v) is 18.8. The Morgan fingerprint density at radius 2 is 1.86 bits per heavy atom. The van der Waals surface area contributed by atoms with Crippen molar-refractivity contribution in [1.82, 2.24) is 14.9 Å². The number of nitrogens with one attached hydrogen (secondary N) is 2. The van der Waals surface area contributed by atoms with Crippen molar-refractivity contribution < 1.29 is 9.47 Å². The summed E-state index contributed by atoms with van der Waals surface area (Å²) in [6, 6.07) is 8.79. The third-order valence-electron chi connectivity index (χ3n) is 4.22. The summed E-state index contributed by atoms with van der Waals surface area (Å²) in [6.07, 6.45) is 0.733. The molecule has 0 aliphatic rings. The molecule has 0 aliphatic heterocycles. The van der Waals surface area contributed by atoms with Crippen LogP contribution in [-0.2, 0) is 19.6 Å². The maximum atomic E-state index is 6.47. The first-order chi connectivity index (χ1) is 13.9. The van der Waals surface area contributed by atoms with Gasteiger partial charge in [-0.25, -0.2) is 4.68 Å². The van der Waals surface area contributed by atoms with Gasteiger partial charge in [0.15, 0.2) is 17.3 Å². The van der Waals surface area contributed by atoms with Gasteiger partial charge in [0.1, 0.15) is 6.61 Å². The van der Waals surface area contributed by atoms with Crippen LogP contribution in [0.3, 0.4) is 0 Å². The van der Waals surface area contributed by atoms with E-state index in [4.69, 9.17) is 56.5 Å². The van der Waals surface area contributed by atoms with Crippen LogP contribution in [0.25, 0.3) is 0 Å². The zero-order valence-electron chi connectivity index (χ0n) is 15.8. The first kappa shape index (κ1) is 21.8. The smallest absolute Gasteiger partial charge is 0.214 e. The number of nitrogens with zero attached hydrogens (tertiary/aromatic N) is 2. The van der Waals surface area contributed by atoms with Crippen molar-refractivity contribution in [3.8, 4) is 11.5 Å². The highest BCUT2D eigenvalue weighted by molar-refractivity contribution is 7.71. The number of rotatable bonds is 8. The molecular formula is C19H19Cl3N4O2S. The summed E-state index contributed by atoms with van der Waals surface area (Å²) in [5, 5.41) is 8.57. The van der Waals surface area contributed by atoms with E-state index in [9.17, 15) is 0 Å². The van der Waals surface area contributed by atoms with Crippen molar-refractivity contribution in [2.24, 2.45) is 0 Å². The fourth-order valence-corrected chi connectivity index (χ4v) is 3.57. The van der Waals surface area contributed by atoms with Crippen molar-refractivity contribution in [2.45, 2.75) is 26.5 Å². The van der Waals surface area contributed by atoms with E-state index in [1.165, 1.54) is 0 Å². The van der Waals surface area contributed by atoms with Gasteiger partial charge in [0, 0.05) is 33.1 Å². The molecule has 2 aromatic carbocycles. The number of ether oxygens (including phenoxy) is 2. The van der Waals surface area contributed by atoms with Gasteiger partial charge in [0.2, 0.25) is 4.77 Å². The molecule has 0 atom stereocenters. The average Bonchev–Trinajstić information content (AvgIpc) is 3.06. The van der Waals surface area contributed by atoms with E-state index in [-0.39, 0.29) is 6.61 Å². The molecular weight excluding hydrogens is 455 g/mol. The maximum Gasteiger partial charge on any atom is 0.214 e. The molecule has 3 aromatic rings. The summed E-state index contributed by atoms with van der Waals surface area (Å²) in [6.45, 7) is 2.68. The largest absolute Gasteiger partial charge is 0.493 e. The number of halogens is 3. The lowest BCUT2D eigenvalue weighted by Gasteiger charge is -2.15. The van der Waals surface area contributed by atoms with Crippen LogP contribution in [0, 0.1) is 4.77 Å². The summed E-state index contributed by atoms with van der Waals surface area (Å²) >= 11 is 23.8. The van der Waals surface area contributed by atoms with Gasteiger partial charge < -0.3 is 14.9 Å². The van der Waals surface area contributed by atoms with Crippen LogP contribution in [0.2, 0.25) is 15.1 Å². The molecule has 3 rings (SSSR count). The van der Waals surface area contributed by atoms with Gasteiger partial charge in [-0.3, -0.25) is 5.10 Å². The van der Waals surface area contributed by atoms with Crippen LogP contribution in [0.1, 0.15) is 23.9 Å². The Hall–Kier alpha value is -1.93. The molecule has 0 fully saturated rings. The third kappa shape index (κ3) is 5.17. The quantitative estimate of drug-likeness (QED) is 0.405. The van der Waals surface area contributed by atoms with Crippen molar-refractivity contribution >= 4 is 47.0 Å². The zero-order chi connectivity index (χ0) is 21.0. The molecule has 0 bridgehead atoms. The molecule has 0 radical (unpaired) electrons. The van der Waals surface area contributed by atoms with Gasteiger partial charge in [0.25, 0.3) is 0 Å². The SMILES string of the molecule is CCc1n[nH]c(=S)n1NCc1cc(OC)c(OCc2ccc(Cl)cc2Cl)cc1Cl. The number of methoxy groups -OCH3 is 1. The van der Waals surface area contributed by atoms with Crippen LogP contribution in [0.5, 0.6) is 11.5 Å². The number of aromatic nitrogens is 3. The Balaban J connectivity index is 1.76. The van der Waals surface area contributed by atoms with Crippen molar-refractivity contribution in [1.29, 1.82) is 0 Å². The second-order valence-corrected chi connectivity index (χ2v) is 7.73. The van der Waals surface area contributed by atoms with E-state index in [0.29, 0.717) is 37.9 Å². The number of aryl methyl sites for hydroxylation is 1. The highest BCUT2D eigenvalue weighted by Crippen LogP contribution is 2.34. The predicted octanol–water partition coefficient (Wildman–Crippen LogP) is 5.79. The van der Waals surface area contributed by atoms with Gasteiger partial charge in [-0.05, 0) is 36.0 Å². The standard InChI is InChI=1S/C19H19Cl3N4O2S/c1-3-18-24-25-19(29)26(18)23-9-12-6-16(27-2)17(8-15(12)22)28-10-11-4-5-13(20)7-14(11)21/h4-8,23H,3,9-10H2,1-2H3,(H,25,29). The summed E-state index contributed by atoms with van der Waals surface area (Å²) in [5.74, 6) is 1.88. The highest BCUT2D eigenvalue weighted by Gasteiger charge is 2.13. The molecule has 29 heavy (non-hydrogen) atoms. The van der Waals surface area contributed by atoms with E-state index in [0.717, 1.165) is 23.4 Å². The number of benzene rings is 2. The lowest BCUT2D eigenvalue weighted by Crippen LogP contribution is -2.17. The number of H-pyrrole nitrogens is 1. The Labute approximate surface area is 188 Å². The maximum absolute atomic E-state index is 6.47. The van der Waals surface area contributed by atoms with Gasteiger partial charge in [-0.15, -0.1) is 0 Å². The van der Waals surface area contributed by atoms with Crippen molar-refractivity contribution in [3.63, 3.8) is 0 Å². The Morgan fingerprint density at radius 1 is 1.10 bits per heavy atom. The summed E-state index contributed by atoms with van der Waals surface area (Å²) in [4.78, 5) is 0. The highest BCUT2D eigenvalue weighted by atomic mass is 35.5. The van der Waals surface area contributed by atoms with E-state index in [1.54, 1.807) is 30.0 Å². The molecule has 0 amide bonds. The molecule has 0 unspecified atom stereocenters. The molecule has 0 aliphatic carbocycles. The van der Waals surface area contributed by atoms with E-state index >= 15 is 0 Å². The first-order valence-electron chi connectivity index (χ1n) is 8.76. The Kier molecular flexibility index (Phi) is 7.29. The first-order valence-corrected chi connectivity index (χ1v) is 10.3. The van der Waals surface area contributed by atoms with Gasteiger partial charge >= 0.3 is 0 Å². The minimum Gasteiger partial charge on any atom is -0.493 e. The molecule has 0 saturated heterocycles. The van der Waals surface area contributed by atoms with Crippen LogP contribution in [0.4, 0.5) is 0 Å². The molecule has 1 heterocycles. The lowest BCUT2D eigenvalue weighted by molar-refractivity contribution is 0.284. The van der Waals surface area contributed by atoms with E-state index in [2.05, 4.69) is 15.6 Å². The van der Waals surface area contributed by atoms with E-state index in [1.807, 2.05) is 19.1 Å². The number of aromatic amines is 1. The summed E-state index contributed by atoms with van der Waals surface area (Å²) < 4.78 is 13.6. The lowest BCUT2D eigenvalue weighted by atomic mass is 10.2. The second-order valence-electron chi connectivity index (χ2n) is 6.09. The van der Waals surface area contributed by atoms with Crippen LogP contribution in [-0.4, -0.2) is 22.0 Å². The molecule has 2 N–H and O–H groups in total. The number of hydrogen-bond acceptors (Lipinski definition) is 5. The average molecular weight is 474 g/mol. The van der Waals surface area contributed by atoms with Crippen LogP contribution in [0.15, 0.2) is 30.3 Å². The molecule has 1 aromatic heterocycles. The van der Waals surface area contributed by atoms with E-state index < -0.39 is 0 Å². The van der Waals surface area contributed by atoms with Gasteiger partial charge in [-0.1, -0.05) is 47.8 Å². The van der Waals surface area contributed by atoms with Crippen LogP contribution < -0.4 is 14.9 Å². The predicted molar refractivity (Wildman–Crippen MR) is 119 cm³/mol. The molecule has 0 spiro atoms. The monoisotopic (exact) mass is 472 g/mol. The minimum atomic E-state index is 0.254. The van der Waals surface area contributed by atoms with Crippen molar-refractivity contribution in [2.75, 3.05) is 12.5 Å². The third-order valence-corrected chi connectivity index (χ3v) is 5.43. The molecule has 6 nitrogen and oxygen atoms in total. The summed E-state index contributed by atoms with van der Waals surface area (Å²) in [7, 11) is 1.57. The molecule has 0 saturated carbocycles. The fourth-order valence-electron chi connectivity index (χ4n) is 2.67. The van der Waals surface area contributed by atoms with Crippen LogP contribution >= 0.6 is 47.0 Å². The van der Waals surface area contributed by atoms with Gasteiger partial charge in [0.05, 0.1) is 13.7 Å². The Bertz CT molecular complexity index is 1070. The normalized spacial score (nSPS) is 10.8. The van der Waals surface area contributed by atoms with Crippen molar-refractivity contribution in [3.05, 3.63) is 67.1 Å². The molecule has 154 valence electrons. The van der Waals surface area contributed by atoms with Gasteiger partial charge in [-0.2, -0.15) is 5.10 Å². The fraction of sp³-hybridized carbons (Fsp3) is 0.263. The minimum absolute atomic E-state index is 0.254. The molecule has 10 heteroatoms. The second kappa shape index (κ2) is 9.71.